The van der Waals surface area contributed by atoms with E-state index in [1.165, 1.54) is 16.9 Å². The maximum Gasteiger partial charge on any atom is 0.230 e. The van der Waals surface area contributed by atoms with E-state index in [4.69, 9.17) is 0 Å². The topological polar surface area (TPSA) is 56.9 Å². The molecule has 1 aromatic carbocycles. The van der Waals surface area contributed by atoms with Gasteiger partial charge in [0.25, 0.3) is 0 Å². The van der Waals surface area contributed by atoms with Gasteiger partial charge in [-0.05, 0) is 19.0 Å². The first kappa shape index (κ1) is 16.5. The van der Waals surface area contributed by atoms with Crippen LogP contribution in [0.5, 0.6) is 5.88 Å². The van der Waals surface area contributed by atoms with E-state index in [-0.39, 0.29) is 11.9 Å². The van der Waals surface area contributed by atoms with Gasteiger partial charge in [-0.2, -0.15) is 4.52 Å². The largest absolute Gasteiger partial charge is 0.492 e. The van der Waals surface area contributed by atoms with Crippen LogP contribution < -0.4 is 0 Å². The number of aromatic hydroxyl groups is 1. The summed E-state index contributed by atoms with van der Waals surface area (Å²) in [6.07, 6.45) is 0. The number of rotatable bonds is 4. The van der Waals surface area contributed by atoms with Crippen molar-refractivity contribution in [1.82, 2.24) is 24.4 Å². The first-order valence-corrected chi connectivity index (χ1v) is 9.55. The molecule has 7 heteroatoms. The quantitative estimate of drug-likeness (QED) is 0.778. The van der Waals surface area contributed by atoms with Gasteiger partial charge in [-0.3, -0.25) is 4.90 Å². The second-order valence-corrected chi connectivity index (χ2v) is 7.44. The molecule has 0 bridgehead atoms. The lowest BCUT2D eigenvalue weighted by Crippen LogP contribution is -2.47. The van der Waals surface area contributed by atoms with Gasteiger partial charge in [0, 0.05) is 26.2 Å². The minimum atomic E-state index is 0.0361. The Balaban J connectivity index is 1.74. The zero-order valence-corrected chi connectivity index (χ0v) is 15.4. The van der Waals surface area contributed by atoms with Gasteiger partial charge >= 0.3 is 0 Å². The highest BCUT2D eigenvalue weighted by Gasteiger charge is 2.31. The van der Waals surface area contributed by atoms with Crippen LogP contribution in [0.4, 0.5) is 0 Å². The highest BCUT2D eigenvalue weighted by molar-refractivity contribution is 7.17. The Hall–Kier alpha value is -1.96. The molecule has 3 aromatic rings. The first-order valence-electron chi connectivity index (χ1n) is 8.73. The minimum absolute atomic E-state index is 0.0361. The third kappa shape index (κ3) is 3.03. The van der Waals surface area contributed by atoms with E-state index in [0.29, 0.717) is 5.82 Å². The molecule has 1 aliphatic rings. The standard InChI is InChI=1S/C18H23N5OS/c1-3-21-9-11-22(12-10-21)15(14-7-5-4-6-8-14)16-17(24)23-18(25-16)19-13(2)20-23/h4-8,15,24H,3,9-12H2,1-2H3/t15-/m1/s1. The molecule has 132 valence electrons. The average molecular weight is 357 g/mol. The molecule has 0 unspecified atom stereocenters. The van der Waals surface area contributed by atoms with Crippen LogP contribution in [0.1, 0.15) is 29.2 Å². The molecule has 1 fully saturated rings. The SMILES string of the molecule is CCN1CCN([C@H](c2ccccc2)c2sc3nc(C)nn3c2O)CC1. The number of thiazole rings is 1. The van der Waals surface area contributed by atoms with E-state index in [9.17, 15) is 5.11 Å². The van der Waals surface area contributed by atoms with Crippen LogP contribution in [-0.2, 0) is 0 Å². The van der Waals surface area contributed by atoms with Gasteiger partial charge in [0.2, 0.25) is 10.8 Å². The number of aryl methyl sites for hydroxylation is 1. The van der Waals surface area contributed by atoms with Crippen molar-refractivity contribution in [2.75, 3.05) is 32.7 Å². The molecule has 0 spiro atoms. The molecule has 2 aromatic heterocycles. The van der Waals surface area contributed by atoms with Crippen molar-refractivity contribution in [3.05, 3.63) is 46.6 Å². The number of fused-ring (bicyclic) bond motifs is 1. The zero-order chi connectivity index (χ0) is 17.4. The Morgan fingerprint density at radius 1 is 1.16 bits per heavy atom. The van der Waals surface area contributed by atoms with E-state index < -0.39 is 0 Å². The number of piperazine rings is 1. The molecular formula is C18H23N5OS. The molecule has 1 atom stereocenters. The zero-order valence-electron chi connectivity index (χ0n) is 14.6. The Morgan fingerprint density at radius 3 is 2.52 bits per heavy atom. The van der Waals surface area contributed by atoms with Crippen LogP contribution in [0.15, 0.2) is 30.3 Å². The summed E-state index contributed by atoms with van der Waals surface area (Å²) in [7, 11) is 0. The highest BCUT2D eigenvalue weighted by atomic mass is 32.1. The first-order chi connectivity index (χ1) is 12.2. The van der Waals surface area contributed by atoms with Crippen molar-refractivity contribution in [2.45, 2.75) is 19.9 Å². The molecule has 0 radical (unpaired) electrons. The minimum Gasteiger partial charge on any atom is -0.492 e. The van der Waals surface area contributed by atoms with Crippen molar-refractivity contribution in [3.8, 4) is 5.88 Å². The summed E-state index contributed by atoms with van der Waals surface area (Å²) in [5, 5.41) is 15.1. The summed E-state index contributed by atoms with van der Waals surface area (Å²) >= 11 is 1.53. The lowest BCUT2D eigenvalue weighted by Gasteiger charge is -2.38. The molecule has 0 saturated carbocycles. The van der Waals surface area contributed by atoms with Gasteiger partial charge in [-0.25, -0.2) is 4.98 Å². The summed E-state index contributed by atoms with van der Waals surface area (Å²) in [5.41, 5.74) is 1.20. The molecule has 3 heterocycles. The fourth-order valence-electron chi connectivity index (χ4n) is 3.53. The highest BCUT2D eigenvalue weighted by Crippen LogP contribution is 2.40. The van der Waals surface area contributed by atoms with Gasteiger partial charge < -0.3 is 10.0 Å². The molecule has 25 heavy (non-hydrogen) atoms. The van der Waals surface area contributed by atoms with Gasteiger partial charge in [-0.1, -0.05) is 48.6 Å². The Labute approximate surface area is 151 Å². The van der Waals surface area contributed by atoms with E-state index in [0.717, 1.165) is 42.6 Å². The Kier molecular flexibility index (Phi) is 4.45. The molecule has 6 nitrogen and oxygen atoms in total. The van der Waals surface area contributed by atoms with Crippen molar-refractivity contribution < 1.29 is 5.11 Å². The van der Waals surface area contributed by atoms with Gasteiger partial charge in [0.05, 0.1) is 10.9 Å². The third-order valence-electron chi connectivity index (χ3n) is 4.89. The van der Waals surface area contributed by atoms with Crippen LogP contribution in [0, 0.1) is 6.92 Å². The summed E-state index contributed by atoms with van der Waals surface area (Å²) in [6.45, 7) is 9.22. The normalized spacial score (nSPS) is 18.0. The van der Waals surface area contributed by atoms with Crippen LogP contribution >= 0.6 is 11.3 Å². The predicted octanol–water partition coefficient (Wildman–Crippen LogP) is 2.53. The van der Waals surface area contributed by atoms with Gasteiger partial charge in [0.15, 0.2) is 0 Å². The molecule has 0 aliphatic carbocycles. The van der Waals surface area contributed by atoms with E-state index in [1.807, 2.05) is 13.0 Å². The van der Waals surface area contributed by atoms with E-state index in [2.05, 4.69) is 51.1 Å². The number of likely N-dealkylation sites (N-methyl/N-ethyl adjacent to an activating group) is 1. The Morgan fingerprint density at radius 2 is 1.88 bits per heavy atom. The maximum atomic E-state index is 10.8. The monoisotopic (exact) mass is 357 g/mol. The number of hydrogen-bond acceptors (Lipinski definition) is 6. The molecule has 1 saturated heterocycles. The predicted molar refractivity (Wildman–Crippen MR) is 99.2 cm³/mol. The third-order valence-corrected chi connectivity index (χ3v) is 5.96. The van der Waals surface area contributed by atoms with Crippen molar-refractivity contribution in [3.63, 3.8) is 0 Å². The van der Waals surface area contributed by atoms with Gasteiger partial charge in [0.1, 0.15) is 5.82 Å². The second-order valence-electron chi connectivity index (χ2n) is 6.43. The lowest BCUT2D eigenvalue weighted by molar-refractivity contribution is 0.113. The maximum absolute atomic E-state index is 10.8. The van der Waals surface area contributed by atoms with Crippen LogP contribution in [-0.4, -0.2) is 62.2 Å². The van der Waals surface area contributed by atoms with E-state index in [1.54, 1.807) is 4.52 Å². The number of hydrogen-bond donors (Lipinski definition) is 1. The average Bonchev–Trinajstić information content (AvgIpc) is 3.15. The summed E-state index contributed by atoms with van der Waals surface area (Å²) in [5.74, 6) is 0.897. The van der Waals surface area contributed by atoms with E-state index >= 15 is 0 Å². The molecule has 0 amide bonds. The molecule has 1 N–H and O–H groups in total. The fraction of sp³-hybridized carbons (Fsp3) is 0.444. The van der Waals surface area contributed by atoms with Crippen LogP contribution in [0.3, 0.4) is 0 Å². The fourth-order valence-corrected chi connectivity index (χ4v) is 4.69. The van der Waals surface area contributed by atoms with Crippen molar-refractivity contribution in [2.24, 2.45) is 0 Å². The summed E-state index contributed by atoms with van der Waals surface area (Å²) < 4.78 is 1.56. The lowest BCUT2D eigenvalue weighted by atomic mass is 10.0. The number of aromatic nitrogens is 3. The summed E-state index contributed by atoms with van der Waals surface area (Å²) in [6, 6.07) is 10.5. The summed E-state index contributed by atoms with van der Waals surface area (Å²) in [4.78, 5) is 11.0. The molecule has 4 rings (SSSR count). The molecule has 1 aliphatic heterocycles. The second kappa shape index (κ2) is 6.74. The van der Waals surface area contributed by atoms with Crippen molar-refractivity contribution in [1.29, 1.82) is 0 Å². The number of benzene rings is 1. The van der Waals surface area contributed by atoms with Crippen LogP contribution in [0.25, 0.3) is 4.96 Å². The van der Waals surface area contributed by atoms with Crippen molar-refractivity contribution >= 4 is 16.3 Å². The van der Waals surface area contributed by atoms with Gasteiger partial charge in [-0.15, -0.1) is 5.10 Å². The number of nitrogens with zero attached hydrogens (tertiary/aromatic N) is 5. The Bertz CT molecular complexity index is 851. The van der Waals surface area contributed by atoms with Crippen LogP contribution in [0.2, 0.25) is 0 Å². The smallest absolute Gasteiger partial charge is 0.230 e. The molecular weight excluding hydrogens is 334 g/mol.